The summed E-state index contributed by atoms with van der Waals surface area (Å²) in [6.07, 6.45) is 5.64. The van der Waals surface area contributed by atoms with Gasteiger partial charge in [-0.25, -0.2) is 4.98 Å². The third kappa shape index (κ3) is 2.62. The van der Waals surface area contributed by atoms with Crippen LogP contribution in [0, 0.1) is 11.3 Å². The number of fused-ring (bicyclic) bond motifs is 1. The Balaban J connectivity index is 1.76. The lowest BCUT2D eigenvalue weighted by Crippen LogP contribution is -2.42. The number of amides is 1. The van der Waals surface area contributed by atoms with Crippen LogP contribution in [0.15, 0.2) is 24.5 Å². The second kappa shape index (κ2) is 6.06. The van der Waals surface area contributed by atoms with E-state index >= 15 is 0 Å². The Morgan fingerprint density at radius 2 is 2.45 bits per heavy atom. The Bertz CT molecular complexity index is 717. The van der Waals surface area contributed by atoms with Gasteiger partial charge in [-0.15, -0.1) is 0 Å². The number of aromatic nitrogens is 2. The molecule has 0 saturated carbocycles. The van der Waals surface area contributed by atoms with Crippen molar-refractivity contribution in [3.05, 3.63) is 24.5 Å². The van der Waals surface area contributed by atoms with Gasteiger partial charge < -0.3 is 14.8 Å². The molecule has 6 heteroatoms. The van der Waals surface area contributed by atoms with Gasteiger partial charge in [0.05, 0.1) is 6.07 Å². The molecule has 1 aliphatic heterocycles. The summed E-state index contributed by atoms with van der Waals surface area (Å²) in [7, 11) is 2.03. The molecule has 2 aromatic rings. The monoisotopic (exact) mass is 297 g/mol. The molecular weight excluding hydrogens is 278 g/mol. The maximum Gasteiger partial charge on any atom is 0.237 e. The van der Waals surface area contributed by atoms with Gasteiger partial charge in [-0.3, -0.25) is 4.79 Å². The first-order chi connectivity index (χ1) is 10.7. The van der Waals surface area contributed by atoms with Gasteiger partial charge in [-0.05, 0) is 25.0 Å². The van der Waals surface area contributed by atoms with E-state index in [4.69, 9.17) is 5.26 Å². The molecule has 6 nitrogen and oxygen atoms in total. The van der Waals surface area contributed by atoms with E-state index in [2.05, 4.69) is 14.9 Å². The van der Waals surface area contributed by atoms with E-state index in [1.165, 1.54) is 0 Å². The fraction of sp³-hybridized carbons (Fsp3) is 0.438. The smallest absolute Gasteiger partial charge is 0.237 e. The topological polar surface area (TPSA) is 76.0 Å². The van der Waals surface area contributed by atoms with Crippen molar-refractivity contribution < 1.29 is 4.79 Å². The Hall–Kier alpha value is -2.55. The fourth-order valence-corrected chi connectivity index (χ4v) is 3.22. The number of likely N-dealkylation sites (tertiary alicyclic amines) is 1. The van der Waals surface area contributed by atoms with Gasteiger partial charge in [0, 0.05) is 49.6 Å². The van der Waals surface area contributed by atoms with Gasteiger partial charge >= 0.3 is 0 Å². The molecule has 22 heavy (non-hydrogen) atoms. The standard InChI is InChI=1S/C16H19N5O/c1-20(14-6-9-19-16-13(14)5-8-18-16)11-12-3-2-10-21(12)15(22)4-7-17/h5-6,8-9,12H,2-4,10-11H2,1H3,(H,18,19)/t12-/m0/s1. The average molecular weight is 297 g/mol. The number of likely N-dealkylation sites (N-methyl/N-ethyl adjacent to an activating group) is 1. The largest absolute Gasteiger partial charge is 0.372 e. The molecule has 1 fully saturated rings. The van der Waals surface area contributed by atoms with Crippen LogP contribution in [-0.2, 0) is 4.79 Å². The van der Waals surface area contributed by atoms with E-state index < -0.39 is 0 Å². The number of carbonyl (C=O) groups excluding carboxylic acids is 1. The number of aromatic amines is 1. The molecular formula is C16H19N5O. The van der Waals surface area contributed by atoms with Crippen LogP contribution in [0.3, 0.4) is 0 Å². The summed E-state index contributed by atoms with van der Waals surface area (Å²) in [5, 5.41) is 9.80. The number of carbonyl (C=O) groups is 1. The van der Waals surface area contributed by atoms with Crippen LogP contribution in [0.2, 0.25) is 0 Å². The first-order valence-corrected chi connectivity index (χ1v) is 7.50. The van der Waals surface area contributed by atoms with E-state index in [1.807, 2.05) is 36.3 Å². The Labute approximate surface area is 129 Å². The molecule has 3 rings (SSSR count). The maximum atomic E-state index is 12.0. The zero-order valence-electron chi connectivity index (χ0n) is 12.6. The third-order valence-corrected chi connectivity index (χ3v) is 4.26. The maximum absolute atomic E-state index is 12.0. The molecule has 0 aromatic carbocycles. The highest BCUT2D eigenvalue weighted by Gasteiger charge is 2.29. The zero-order valence-corrected chi connectivity index (χ0v) is 12.6. The van der Waals surface area contributed by atoms with Crippen LogP contribution in [0.1, 0.15) is 19.3 Å². The minimum atomic E-state index is -0.0556. The van der Waals surface area contributed by atoms with Crippen molar-refractivity contribution in [2.75, 3.05) is 25.0 Å². The van der Waals surface area contributed by atoms with Crippen molar-refractivity contribution in [1.29, 1.82) is 5.26 Å². The second-order valence-corrected chi connectivity index (χ2v) is 5.67. The number of nitrogens with zero attached hydrogens (tertiary/aromatic N) is 4. The van der Waals surface area contributed by atoms with Gasteiger partial charge in [0.25, 0.3) is 0 Å². The summed E-state index contributed by atoms with van der Waals surface area (Å²) in [5.74, 6) is -0.0556. The number of nitrogens with one attached hydrogen (secondary N) is 1. The predicted octanol–water partition coefficient (Wildman–Crippen LogP) is 1.90. The second-order valence-electron chi connectivity index (χ2n) is 5.67. The molecule has 0 spiro atoms. The molecule has 0 radical (unpaired) electrons. The number of H-pyrrole nitrogens is 1. The molecule has 1 N–H and O–H groups in total. The number of rotatable bonds is 4. The minimum Gasteiger partial charge on any atom is -0.372 e. The van der Waals surface area contributed by atoms with Crippen LogP contribution in [0.25, 0.3) is 11.0 Å². The lowest BCUT2D eigenvalue weighted by atomic mass is 10.2. The van der Waals surface area contributed by atoms with Crippen molar-refractivity contribution >= 4 is 22.6 Å². The normalized spacial score (nSPS) is 17.6. The van der Waals surface area contributed by atoms with Crippen LogP contribution >= 0.6 is 0 Å². The summed E-state index contributed by atoms with van der Waals surface area (Å²) in [6, 6.07) is 6.14. The van der Waals surface area contributed by atoms with Crippen molar-refractivity contribution in [1.82, 2.24) is 14.9 Å². The third-order valence-electron chi connectivity index (χ3n) is 4.26. The van der Waals surface area contributed by atoms with Gasteiger partial charge in [-0.2, -0.15) is 5.26 Å². The van der Waals surface area contributed by atoms with Crippen molar-refractivity contribution in [3.8, 4) is 6.07 Å². The summed E-state index contributed by atoms with van der Waals surface area (Å²) >= 11 is 0. The molecule has 3 heterocycles. The van der Waals surface area contributed by atoms with Crippen LogP contribution in [0.5, 0.6) is 0 Å². The summed E-state index contributed by atoms with van der Waals surface area (Å²) in [5.41, 5.74) is 1.97. The minimum absolute atomic E-state index is 0.0302. The Morgan fingerprint density at radius 1 is 1.59 bits per heavy atom. The summed E-state index contributed by atoms with van der Waals surface area (Å²) in [6.45, 7) is 1.52. The average Bonchev–Trinajstić information content (AvgIpc) is 3.15. The van der Waals surface area contributed by atoms with Crippen molar-refractivity contribution in [3.63, 3.8) is 0 Å². The number of anilines is 1. The van der Waals surface area contributed by atoms with E-state index in [0.29, 0.717) is 0 Å². The van der Waals surface area contributed by atoms with E-state index in [9.17, 15) is 4.79 Å². The van der Waals surface area contributed by atoms with Gasteiger partial charge in [0.1, 0.15) is 12.1 Å². The van der Waals surface area contributed by atoms with Crippen LogP contribution in [-0.4, -0.2) is 47.0 Å². The molecule has 0 aliphatic carbocycles. The van der Waals surface area contributed by atoms with Gasteiger partial charge in [0.15, 0.2) is 0 Å². The quantitative estimate of drug-likeness (QED) is 0.935. The molecule has 1 atom stereocenters. The lowest BCUT2D eigenvalue weighted by Gasteiger charge is -2.29. The van der Waals surface area contributed by atoms with Crippen LogP contribution < -0.4 is 4.90 Å². The van der Waals surface area contributed by atoms with E-state index in [1.54, 1.807) is 6.20 Å². The molecule has 1 aliphatic rings. The SMILES string of the molecule is CN(C[C@@H]1CCCN1C(=O)CC#N)c1ccnc2[nH]ccc12. The first-order valence-electron chi connectivity index (χ1n) is 7.50. The molecule has 0 unspecified atom stereocenters. The zero-order chi connectivity index (χ0) is 15.5. The Morgan fingerprint density at radius 3 is 3.27 bits per heavy atom. The van der Waals surface area contributed by atoms with Crippen molar-refractivity contribution in [2.24, 2.45) is 0 Å². The Kier molecular flexibility index (Phi) is 3.96. The van der Waals surface area contributed by atoms with E-state index in [-0.39, 0.29) is 18.4 Å². The predicted molar refractivity (Wildman–Crippen MR) is 84.3 cm³/mol. The van der Waals surface area contributed by atoms with Gasteiger partial charge in [0.2, 0.25) is 5.91 Å². The molecule has 0 bridgehead atoms. The summed E-state index contributed by atoms with van der Waals surface area (Å²) < 4.78 is 0. The number of nitriles is 1. The summed E-state index contributed by atoms with van der Waals surface area (Å²) in [4.78, 5) is 23.5. The highest BCUT2D eigenvalue weighted by Crippen LogP contribution is 2.26. The number of hydrogen-bond donors (Lipinski definition) is 1. The fourth-order valence-electron chi connectivity index (χ4n) is 3.22. The highest BCUT2D eigenvalue weighted by molar-refractivity contribution is 5.89. The van der Waals surface area contributed by atoms with E-state index in [0.717, 1.165) is 42.7 Å². The number of hydrogen-bond acceptors (Lipinski definition) is 4. The number of pyridine rings is 1. The molecule has 2 aromatic heterocycles. The lowest BCUT2D eigenvalue weighted by molar-refractivity contribution is -0.130. The van der Waals surface area contributed by atoms with Gasteiger partial charge in [-0.1, -0.05) is 0 Å². The molecule has 1 saturated heterocycles. The first kappa shape index (κ1) is 14.4. The van der Waals surface area contributed by atoms with Crippen molar-refractivity contribution in [2.45, 2.75) is 25.3 Å². The van der Waals surface area contributed by atoms with Crippen LogP contribution in [0.4, 0.5) is 5.69 Å². The highest BCUT2D eigenvalue weighted by atomic mass is 16.2. The molecule has 1 amide bonds. The molecule has 114 valence electrons.